The van der Waals surface area contributed by atoms with Crippen LogP contribution in [0.5, 0.6) is 0 Å². The molecule has 1 aliphatic heterocycles. The van der Waals surface area contributed by atoms with E-state index in [4.69, 9.17) is 5.11 Å². The van der Waals surface area contributed by atoms with Gasteiger partial charge in [0.1, 0.15) is 0 Å². The van der Waals surface area contributed by atoms with Gasteiger partial charge in [-0.1, -0.05) is 6.07 Å². The third-order valence-corrected chi connectivity index (χ3v) is 3.50. The van der Waals surface area contributed by atoms with E-state index in [1.54, 1.807) is 6.20 Å². The van der Waals surface area contributed by atoms with Crippen molar-refractivity contribution in [3.8, 4) is 0 Å². The van der Waals surface area contributed by atoms with Crippen molar-refractivity contribution in [1.82, 2.24) is 9.88 Å². The van der Waals surface area contributed by atoms with Crippen molar-refractivity contribution in [2.24, 2.45) is 0 Å². The number of carboxylic acid groups (broad SMARTS) is 1. The summed E-state index contributed by atoms with van der Waals surface area (Å²) in [6.07, 6.45) is 5.93. The Morgan fingerprint density at radius 3 is 3.18 bits per heavy atom. The Kier molecular flexibility index (Phi) is 3.74. The van der Waals surface area contributed by atoms with Gasteiger partial charge >= 0.3 is 5.97 Å². The lowest BCUT2D eigenvalue weighted by Crippen LogP contribution is -2.33. The zero-order valence-electron chi connectivity index (χ0n) is 10.0. The van der Waals surface area contributed by atoms with Crippen molar-refractivity contribution in [1.29, 1.82) is 0 Å². The summed E-state index contributed by atoms with van der Waals surface area (Å²) in [5.41, 5.74) is 1.16. The van der Waals surface area contributed by atoms with Gasteiger partial charge in [0.15, 0.2) is 0 Å². The highest BCUT2D eigenvalue weighted by molar-refractivity contribution is 5.67. The SMILES string of the molecule is CC(c1cccnc1)N1CCCC1CC(=O)O. The average molecular weight is 234 g/mol. The molecule has 0 aromatic carbocycles. The van der Waals surface area contributed by atoms with Crippen LogP contribution in [0.1, 0.15) is 37.8 Å². The normalized spacial score (nSPS) is 22.5. The highest BCUT2D eigenvalue weighted by atomic mass is 16.4. The number of nitrogens with zero attached hydrogens (tertiary/aromatic N) is 2. The smallest absolute Gasteiger partial charge is 0.304 e. The maximum Gasteiger partial charge on any atom is 0.304 e. The number of rotatable bonds is 4. The fourth-order valence-electron chi connectivity index (χ4n) is 2.60. The van der Waals surface area contributed by atoms with E-state index < -0.39 is 5.97 Å². The summed E-state index contributed by atoms with van der Waals surface area (Å²) in [6.45, 7) is 3.10. The van der Waals surface area contributed by atoms with Gasteiger partial charge in [-0.15, -0.1) is 0 Å². The highest BCUT2D eigenvalue weighted by Crippen LogP contribution is 2.30. The Morgan fingerprint density at radius 2 is 2.53 bits per heavy atom. The van der Waals surface area contributed by atoms with Crippen molar-refractivity contribution in [2.45, 2.75) is 38.3 Å². The molecule has 0 saturated carbocycles. The minimum atomic E-state index is -0.708. The number of carbonyl (C=O) groups is 1. The molecule has 4 nitrogen and oxygen atoms in total. The van der Waals surface area contributed by atoms with Crippen molar-refractivity contribution in [2.75, 3.05) is 6.54 Å². The molecule has 1 aromatic heterocycles. The van der Waals surface area contributed by atoms with Gasteiger partial charge in [-0.2, -0.15) is 0 Å². The monoisotopic (exact) mass is 234 g/mol. The van der Waals surface area contributed by atoms with Gasteiger partial charge in [-0.05, 0) is 37.9 Å². The van der Waals surface area contributed by atoms with E-state index in [0.717, 1.165) is 24.9 Å². The van der Waals surface area contributed by atoms with Crippen LogP contribution in [0.4, 0.5) is 0 Å². The molecule has 2 unspecified atom stereocenters. The van der Waals surface area contributed by atoms with Gasteiger partial charge in [0.2, 0.25) is 0 Å². The summed E-state index contributed by atoms with van der Waals surface area (Å²) in [7, 11) is 0. The second-order valence-corrected chi connectivity index (χ2v) is 4.59. The molecule has 2 atom stereocenters. The molecule has 1 fully saturated rings. The Bertz CT molecular complexity index is 380. The lowest BCUT2D eigenvalue weighted by Gasteiger charge is -2.29. The molecule has 1 N–H and O–H groups in total. The van der Waals surface area contributed by atoms with E-state index in [-0.39, 0.29) is 18.5 Å². The van der Waals surface area contributed by atoms with Gasteiger partial charge < -0.3 is 5.11 Å². The second kappa shape index (κ2) is 5.27. The molecule has 4 heteroatoms. The molecule has 17 heavy (non-hydrogen) atoms. The third-order valence-electron chi connectivity index (χ3n) is 3.50. The quantitative estimate of drug-likeness (QED) is 0.866. The minimum absolute atomic E-state index is 0.169. The van der Waals surface area contributed by atoms with Crippen LogP contribution >= 0.6 is 0 Å². The summed E-state index contributed by atoms with van der Waals surface area (Å²) in [5, 5.41) is 8.91. The zero-order valence-corrected chi connectivity index (χ0v) is 10.0. The molecule has 1 aliphatic rings. The second-order valence-electron chi connectivity index (χ2n) is 4.59. The molecular weight excluding hydrogens is 216 g/mol. The molecular formula is C13H18N2O2. The van der Waals surface area contributed by atoms with Crippen LogP contribution in [-0.2, 0) is 4.79 Å². The first-order valence-electron chi connectivity index (χ1n) is 6.06. The average Bonchev–Trinajstić information content (AvgIpc) is 2.76. The predicted octanol–water partition coefficient (Wildman–Crippen LogP) is 2.08. The van der Waals surface area contributed by atoms with E-state index in [0.29, 0.717) is 0 Å². The van der Waals surface area contributed by atoms with Crippen molar-refractivity contribution in [3.05, 3.63) is 30.1 Å². The molecule has 0 amide bonds. The van der Waals surface area contributed by atoms with Crippen LogP contribution in [0.25, 0.3) is 0 Å². The summed E-state index contributed by atoms with van der Waals surface area (Å²) in [6, 6.07) is 4.39. The van der Waals surface area contributed by atoms with Gasteiger partial charge in [0.05, 0.1) is 6.42 Å². The number of hydrogen-bond donors (Lipinski definition) is 1. The summed E-state index contributed by atoms with van der Waals surface area (Å²) < 4.78 is 0. The molecule has 2 heterocycles. The van der Waals surface area contributed by atoms with E-state index in [2.05, 4.69) is 16.8 Å². The van der Waals surface area contributed by atoms with Crippen LogP contribution in [-0.4, -0.2) is 33.5 Å². The largest absolute Gasteiger partial charge is 0.481 e. The number of carboxylic acids is 1. The Balaban J connectivity index is 2.08. The van der Waals surface area contributed by atoms with Gasteiger partial charge in [-0.25, -0.2) is 0 Å². The molecule has 1 saturated heterocycles. The standard InChI is InChI=1S/C13H18N2O2/c1-10(11-4-2-6-14-9-11)15-7-3-5-12(15)8-13(16)17/h2,4,6,9-10,12H,3,5,7-8H2,1H3,(H,16,17). The number of aromatic nitrogens is 1. The molecule has 0 spiro atoms. The van der Waals surface area contributed by atoms with Gasteiger partial charge in [0, 0.05) is 24.5 Å². The highest BCUT2D eigenvalue weighted by Gasteiger charge is 2.30. The van der Waals surface area contributed by atoms with Crippen LogP contribution < -0.4 is 0 Å². The lowest BCUT2D eigenvalue weighted by molar-refractivity contribution is -0.138. The molecule has 2 rings (SSSR count). The Morgan fingerprint density at radius 1 is 1.71 bits per heavy atom. The van der Waals surface area contributed by atoms with Crippen molar-refractivity contribution >= 4 is 5.97 Å². The predicted molar refractivity (Wildman–Crippen MR) is 64.6 cm³/mol. The number of hydrogen-bond acceptors (Lipinski definition) is 3. The topological polar surface area (TPSA) is 53.4 Å². The molecule has 1 aromatic rings. The third kappa shape index (κ3) is 2.82. The van der Waals surface area contributed by atoms with E-state index in [9.17, 15) is 4.79 Å². The number of likely N-dealkylation sites (tertiary alicyclic amines) is 1. The summed E-state index contributed by atoms with van der Waals surface area (Å²) >= 11 is 0. The van der Waals surface area contributed by atoms with Gasteiger partial charge in [0.25, 0.3) is 0 Å². The number of aliphatic carboxylic acids is 1. The van der Waals surface area contributed by atoms with E-state index >= 15 is 0 Å². The zero-order chi connectivity index (χ0) is 12.3. The van der Waals surface area contributed by atoms with Crippen molar-refractivity contribution in [3.63, 3.8) is 0 Å². The first-order valence-corrected chi connectivity index (χ1v) is 6.06. The van der Waals surface area contributed by atoms with Gasteiger partial charge in [-0.3, -0.25) is 14.7 Å². The Hall–Kier alpha value is -1.42. The maximum absolute atomic E-state index is 10.8. The lowest BCUT2D eigenvalue weighted by atomic mass is 10.1. The fourth-order valence-corrected chi connectivity index (χ4v) is 2.60. The molecule has 0 aliphatic carbocycles. The van der Waals surface area contributed by atoms with Crippen LogP contribution in [0, 0.1) is 0 Å². The first-order chi connectivity index (χ1) is 8.18. The summed E-state index contributed by atoms with van der Waals surface area (Å²) in [5.74, 6) is -0.708. The van der Waals surface area contributed by atoms with Crippen LogP contribution in [0.15, 0.2) is 24.5 Å². The van der Waals surface area contributed by atoms with Crippen LogP contribution in [0.2, 0.25) is 0 Å². The van der Waals surface area contributed by atoms with Crippen molar-refractivity contribution < 1.29 is 9.90 Å². The minimum Gasteiger partial charge on any atom is -0.481 e. The van der Waals surface area contributed by atoms with Crippen LogP contribution in [0.3, 0.4) is 0 Å². The Labute approximate surface area is 101 Å². The maximum atomic E-state index is 10.8. The molecule has 0 radical (unpaired) electrons. The summed E-state index contributed by atoms with van der Waals surface area (Å²) in [4.78, 5) is 17.2. The first kappa shape index (κ1) is 12.0. The van der Waals surface area contributed by atoms with E-state index in [1.165, 1.54) is 0 Å². The number of pyridine rings is 1. The molecule has 92 valence electrons. The fraction of sp³-hybridized carbons (Fsp3) is 0.538. The van der Waals surface area contributed by atoms with E-state index in [1.807, 2.05) is 18.3 Å². The molecule has 0 bridgehead atoms.